The topological polar surface area (TPSA) is 81.1 Å². The second-order valence-electron chi connectivity index (χ2n) is 6.60. The molecule has 7 heteroatoms. The van der Waals surface area contributed by atoms with Crippen LogP contribution in [0, 0.1) is 6.92 Å². The van der Waals surface area contributed by atoms with Gasteiger partial charge in [-0.15, -0.1) is 5.10 Å². The van der Waals surface area contributed by atoms with Gasteiger partial charge in [0.15, 0.2) is 5.69 Å². The van der Waals surface area contributed by atoms with Crippen LogP contribution in [-0.4, -0.2) is 40.6 Å². The first-order valence-corrected chi connectivity index (χ1v) is 9.36. The molecule has 0 unspecified atom stereocenters. The summed E-state index contributed by atoms with van der Waals surface area (Å²) in [4.78, 5) is 12.7. The lowest BCUT2D eigenvalue weighted by Crippen LogP contribution is -2.30. The number of nitrogens with zero attached hydrogens (tertiary/aromatic N) is 3. The van der Waals surface area contributed by atoms with E-state index in [1.165, 1.54) is 0 Å². The van der Waals surface area contributed by atoms with Crippen LogP contribution in [0.5, 0.6) is 5.75 Å². The monoisotopic (exact) mass is 357 g/mol. The SMILES string of the molecule is CCCCOc1ccccc1NC(=O)c1nnn(C2CCNCC2)c1C. The molecule has 0 radical (unpaired) electrons. The van der Waals surface area contributed by atoms with E-state index < -0.39 is 0 Å². The minimum absolute atomic E-state index is 0.255. The van der Waals surface area contributed by atoms with Crippen molar-refractivity contribution >= 4 is 11.6 Å². The molecule has 2 N–H and O–H groups in total. The van der Waals surface area contributed by atoms with E-state index in [0.717, 1.165) is 44.5 Å². The number of para-hydroxylation sites is 2. The molecule has 1 aliphatic rings. The third kappa shape index (κ3) is 4.22. The highest BCUT2D eigenvalue weighted by molar-refractivity contribution is 6.04. The van der Waals surface area contributed by atoms with Gasteiger partial charge < -0.3 is 15.4 Å². The zero-order valence-electron chi connectivity index (χ0n) is 15.5. The smallest absolute Gasteiger partial charge is 0.278 e. The predicted molar refractivity (Wildman–Crippen MR) is 101 cm³/mol. The molecule has 0 saturated carbocycles. The minimum atomic E-state index is -0.255. The zero-order chi connectivity index (χ0) is 18.4. The number of piperidine rings is 1. The van der Waals surface area contributed by atoms with Crippen molar-refractivity contribution in [3.8, 4) is 5.75 Å². The molecule has 1 fully saturated rings. The molecular formula is C19H27N5O2. The van der Waals surface area contributed by atoms with E-state index in [2.05, 4.69) is 27.9 Å². The molecule has 7 nitrogen and oxygen atoms in total. The van der Waals surface area contributed by atoms with Crippen LogP contribution in [0.3, 0.4) is 0 Å². The molecule has 0 atom stereocenters. The van der Waals surface area contributed by atoms with Crippen LogP contribution in [0.15, 0.2) is 24.3 Å². The number of carbonyl (C=O) groups is 1. The highest BCUT2D eigenvalue weighted by Crippen LogP contribution is 2.25. The van der Waals surface area contributed by atoms with Crippen molar-refractivity contribution in [1.82, 2.24) is 20.3 Å². The molecule has 0 spiro atoms. The average molecular weight is 357 g/mol. The van der Waals surface area contributed by atoms with Crippen LogP contribution < -0.4 is 15.4 Å². The Bertz CT molecular complexity index is 737. The van der Waals surface area contributed by atoms with Crippen molar-refractivity contribution in [3.63, 3.8) is 0 Å². The van der Waals surface area contributed by atoms with E-state index in [9.17, 15) is 4.79 Å². The Balaban J connectivity index is 1.72. The second kappa shape index (κ2) is 8.80. The van der Waals surface area contributed by atoms with E-state index in [1.54, 1.807) is 0 Å². The van der Waals surface area contributed by atoms with Crippen molar-refractivity contribution in [2.45, 2.75) is 45.6 Å². The molecule has 1 aromatic carbocycles. The van der Waals surface area contributed by atoms with Gasteiger partial charge in [-0.1, -0.05) is 30.7 Å². The Labute approximate surface area is 154 Å². The summed E-state index contributed by atoms with van der Waals surface area (Å²) in [5.41, 5.74) is 1.83. The number of anilines is 1. The number of carbonyl (C=O) groups excluding carboxylic acids is 1. The van der Waals surface area contributed by atoms with Gasteiger partial charge in [-0.05, 0) is 51.4 Å². The van der Waals surface area contributed by atoms with Crippen molar-refractivity contribution < 1.29 is 9.53 Å². The summed E-state index contributed by atoms with van der Waals surface area (Å²) in [6.45, 7) is 6.59. The lowest BCUT2D eigenvalue weighted by atomic mass is 10.1. The van der Waals surface area contributed by atoms with Crippen LogP contribution >= 0.6 is 0 Å². The van der Waals surface area contributed by atoms with Crippen LogP contribution in [0.1, 0.15) is 54.8 Å². The number of unbranched alkanes of at least 4 members (excludes halogenated alkanes) is 1. The fourth-order valence-corrected chi connectivity index (χ4v) is 3.15. The highest BCUT2D eigenvalue weighted by atomic mass is 16.5. The van der Waals surface area contributed by atoms with Gasteiger partial charge in [-0.2, -0.15) is 0 Å². The normalized spacial score (nSPS) is 15.0. The number of benzene rings is 1. The summed E-state index contributed by atoms with van der Waals surface area (Å²) in [6.07, 6.45) is 4.04. The van der Waals surface area contributed by atoms with Gasteiger partial charge in [0.05, 0.1) is 24.0 Å². The molecule has 26 heavy (non-hydrogen) atoms. The predicted octanol–water partition coefficient (Wildman–Crippen LogP) is 2.94. The lowest BCUT2D eigenvalue weighted by Gasteiger charge is -2.23. The maximum absolute atomic E-state index is 12.7. The van der Waals surface area contributed by atoms with Gasteiger partial charge in [0.25, 0.3) is 5.91 Å². The van der Waals surface area contributed by atoms with Crippen LogP contribution in [-0.2, 0) is 0 Å². The number of rotatable bonds is 7. The van der Waals surface area contributed by atoms with E-state index in [1.807, 2.05) is 35.9 Å². The van der Waals surface area contributed by atoms with Crippen LogP contribution in [0.4, 0.5) is 5.69 Å². The number of hydrogen-bond acceptors (Lipinski definition) is 5. The summed E-state index contributed by atoms with van der Waals surface area (Å²) in [6, 6.07) is 7.78. The Kier molecular flexibility index (Phi) is 6.22. The van der Waals surface area contributed by atoms with Crippen molar-refractivity contribution in [2.75, 3.05) is 25.0 Å². The van der Waals surface area contributed by atoms with E-state index >= 15 is 0 Å². The number of hydrogen-bond donors (Lipinski definition) is 2. The Hall–Kier alpha value is -2.41. The standard InChI is InChI=1S/C19H27N5O2/c1-3-4-13-26-17-8-6-5-7-16(17)21-19(25)18-14(2)24(23-22-18)15-9-11-20-12-10-15/h5-8,15,20H,3-4,9-13H2,1-2H3,(H,21,25). The molecule has 0 bridgehead atoms. The minimum Gasteiger partial charge on any atom is -0.491 e. The maximum atomic E-state index is 12.7. The first kappa shape index (κ1) is 18.4. The Morgan fingerprint density at radius 2 is 2.12 bits per heavy atom. The van der Waals surface area contributed by atoms with Crippen molar-refractivity contribution in [1.29, 1.82) is 0 Å². The molecule has 1 saturated heterocycles. The average Bonchev–Trinajstić information content (AvgIpc) is 3.05. The fourth-order valence-electron chi connectivity index (χ4n) is 3.15. The fraction of sp³-hybridized carbons (Fsp3) is 0.526. The van der Waals surface area contributed by atoms with Gasteiger partial charge in [-0.25, -0.2) is 4.68 Å². The first-order valence-electron chi connectivity index (χ1n) is 9.36. The molecule has 3 rings (SSSR count). The van der Waals surface area contributed by atoms with E-state index in [-0.39, 0.29) is 5.91 Å². The second-order valence-corrected chi connectivity index (χ2v) is 6.60. The maximum Gasteiger partial charge on any atom is 0.278 e. The molecule has 2 heterocycles. The summed E-state index contributed by atoms with van der Waals surface area (Å²) >= 11 is 0. The molecule has 1 aromatic heterocycles. The zero-order valence-corrected chi connectivity index (χ0v) is 15.5. The van der Waals surface area contributed by atoms with Gasteiger partial charge in [0, 0.05) is 0 Å². The van der Waals surface area contributed by atoms with E-state index in [4.69, 9.17) is 4.74 Å². The Morgan fingerprint density at radius 3 is 2.88 bits per heavy atom. The number of amides is 1. The molecular weight excluding hydrogens is 330 g/mol. The van der Waals surface area contributed by atoms with Crippen LogP contribution in [0.25, 0.3) is 0 Å². The van der Waals surface area contributed by atoms with E-state index in [0.29, 0.717) is 29.8 Å². The van der Waals surface area contributed by atoms with Gasteiger partial charge in [0.2, 0.25) is 0 Å². The summed E-state index contributed by atoms with van der Waals surface area (Å²) < 4.78 is 7.67. The lowest BCUT2D eigenvalue weighted by molar-refractivity contribution is 0.102. The van der Waals surface area contributed by atoms with Gasteiger partial charge >= 0.3 is 0 Å². The van der Waals surface area contributed by atoms with Crippen molar-refractivity contribution in [2.24, 2.45) is 0 Å². The third-order valence-corrected chi connectivity index (χ3v) is 4.69. The Morgan fingerprint density at radius 1 is 1.35 bits per heavy atom. The quantitative estimate of drug-likeness (QED) is 0.745. The molecule has 1 amide bonds. The number of ether oxygens (including phenoxy) is 1. The van der Waals surface area contributed by atoms with Gasteiger partial charge in [0.1, 0.15) is 5.75 Å². The molecule has 140 valence electrons. The molecule has 2 aromatic rings. The van der Waals surface area contributed by atoms with Crippen molar-refractivity contribution in [3.05, 3.63) is 35.7 Å². The third-order valence-electron chi connectivity index (χ3n) is 4.69. The van der Waals surface area contributed by atoms with Crippen LogP contribution in [0.2, 0.25) is 0 Å². The largest absolute Gasteiger partial charge is 0.491 e. The first-order chi connectivity index (χ1) is 12.7. The molecule has 1 aliphatic heterocycles. The van der Waals surface area contributed by atoms with Gasteiger partial charge in [-0.3, -0.25) is 4.79 Å². The summed E-state index contributed by atoms with van der Waals surface area (Å²) in [5.74, 6) is 0.423. The summed E-state index contributed by atoms with van der Waals surface area (Å²) in [7, 11) is 0. The highest BCUT2D eigenvalue weighted by Gasteiger charge is 2.23. The number of nitrogens with one attached hydrogen (secondary N) is 2. The molecule has 0 aliphatic carbocycles. The summed E-state index contributed by atoms with van der Waals surface area (Å²) in [5, 5.41) is 14.6. The number of aromatic nitrogens is 3.